The van der Waals surface area contributed by atoms with Crippen molar-refractivity contribution in [2.45, 2.75) is 24.5 Å². The number of H-pyrrole nitrogens is 1. The first kappa shape index (κ1) is 14.1. The van der Waals surface area contributed by atoms with E-state index < -0.39 is 42.5 Å². The first-order valence-corrected chi connectivity index (χ1v) is 8.28. The summed E-state index contributed by atoms with van der Waals surface area (Å²) < 4.78 is 17.0. The number of aromatic amines is 1. The van der Waals surface area contributed by atoms with Crippen molar-refractivity contribution in [1.82, 2.24) is 9.55 Å². The fourth-order valence-electron chi connectivity index (χ4n) is 2.28. The maximum atomic E-state index is 11.8. The van der Waals surface area contributed by atoms with Crippen LogP contribution in [0.3, 0.4) is 0 Å². The summed E-state index contributed by atoms with van der Waals surface area (Å²) in [5, 5.41) is 9.25. The molecule has 110 valence electrons. The Morgan fingerprint density at radius 3 is 2.75 bits per heavy atom. The minimum absolute atomic E-state index is 0.380. The van der Waals surface area contributed by atoms with Gasteiger partial charge in [0, 0.05) is 12.3 Å². The average Bonchev–Trinajstić information content (AvgIpc) is 2.83. The second kappa shape index (κ2) is 4.85. The van der Waals surface area contributed by atoms with Crippen LogP contribution in [-0.2, 0) is 25.6 Å². The summed E-state index contributed by atoms with van der Waals surface area (Å²) in [6.45, 7) is -3.78. The molecule has 0 amide bonds. The number of rotatable bonds is 2. The van der Waals surface area contributed by atoms with Gasteiger partial charge in [0.15, 0.2) is 6.23 Å². The Kier molecular flexibility index (Phi) is 3.41. The van der Waals surface area contributed by atoms with Crippen molar-refractivity contribution in [3.63, 3.8) is 0 Å². The van der Waals surface area contributed by atoms with Crippen molar-refractivity contribution in [2.24, 2.45) is 0 Å². The van der Waals surface area contributed by atoms with Crippen LogP contribution in [0.1, 0.15) is 6.23 Å². The van der Waals surface area contributed by atoms with Crippen LogP contribution in [0.2, 0.25) is 0 Å². The lowest BCUT2D eigenvalue weighted by atomic mass is 10.1. The smallest absolute Gasteiger partial charge is 0.330 e. The Morgan fingerprint density at radius 1 is 1.40 bits per heavy atom. The molecule has 11 heteroatoms. The normalized spacial score (nSPS) is 39.9. The zero-order valence-corrected chi connectivity index (χ0v) is 11.6. The van der Waals surface area contributed by atoms with E-state index in [9.17, 15) is 19.6 Å². The van der Waals surface area contributed by atoms with Crippen LogP contribution in [0, 0.1) is 0 Å². The summed E-state index contributed by atoms with van der Waals surface area (Å²) in [6.07, 6.45) is -2.07. The van der Waals surface area contributed by atoms with Crippen LogP contribution >= 0.6 is 6.72 Å². The molecule has 3 N–H and O–H groups in total. The number of hydrogen-bond acceptors (Lipinski definition) is 7. The zero-order valence-electron chi connectivity index (χ0n) is 9.91. The highest BCUT2D eigenvalue weighted by Crippen LogP contribution is 2.58. The van der Waals surface area contributed by atoms with Crippen LogP contribution in [0.25, 0.3) is 0 Å². The number of aliphatic hydroxyl groups excluding tert-OH is 1. The van der Waals surface area contributed by atoms with Gasteiger partial charge in [-0.1, -0.05) is 0 Å². The van der Waals surface area contributed by atoms with Gasteiger partial charge < -0.3 is 14.7 Å². The van der Waals surface area contributed by atoms with E-state index in [2.05, 4.69) is 4.98 Å². The van der Waals surface area contributed by atoms with Gasteiger partial charge in [-0.25, -0.2) is 4.79 Å². The van der Waals surface area contributed by atoms with Crippen molar-refractivity contribution in [1.29, 1.82) is 0 Å². The molecule has 2 aliphatic rings. The molecule has 2 aliphatic heterocycles. The average molecular weight is 322 g/mol. The van der Waals surface area contributed by atoms with E-state index in [4.69, 9.17) is 25.6 Å². The van der Waals surface area contributed by atoms with Crippen LogP contribution in [0.15, 0.2) is 21.9 Å². The fourth-order valence-corrected chi connectivity index (χ4v) is 4.02. The third kappa shape index (κ3) is 2.29. The van der Waals surface area contributed by atoms with E-state index in [1.807, 2.05) is 0 Å². The Morgan fingerprint density at radius 2 is 2.10 bits per heavy atom. The fraction of sp³-hybridized carbons (Fsp3) is 0.556. The molecule has 20 heavy (non-hydrogen) atoms. The molecule has 5 unspecified atom stereocenters. The number of hydrogen-bond donors (Lipinski definition) is 3. The number of ether oxygens (including phenoxy) is 1. The maximum absolute atomic E-state index is 11.8. The molecule has 0 radical (unpaired) electrons. The largest absolute Gasteiger partial charge is 0.394 e. The first-order chi connectivity index (χ1) is 9.41. The number of aromatic nitrogens is 2. The summed E-state index contributed by atoms with van der Waals surface area (Å²) >= 11 is 4.76. The third-order valence-corrected chi connectivity index (χ3v) is 4.64. The third-order valence-electron chi connectivity index (χ3n) is 3.10. The Bertz CT molecular complexity index is 687. The molecule has 0 saturated carbocycles. The van der Waals surface area contributed by atoms with Gasteiger partial charge in [-0.2, -0.15) is 0 Å². The topological polar surface area (TPSA) is 123 Å². The number of aliphatic hydroxyl groups is 1. The van der Waals surface area contributed by atoms with E-state index in [0.29, 0.717) is 0 Å². The lowest BCUT2D eigenvalue weighted by molar-refractivity contribution is -0.0595. The van der Waals surface area contributed by atoms with Crippen molar-refractivity contribution >= 4 is 18.5 Å². The second-order valence-corrected chi connectivity index (χ2v) is 7.12. The van der Waals surface area contributed by atoms with Gasteiger partial charge in [0.2, 0.25) is 0 Å². The molecule has 0 aromatic carbocycles. The van der Waals surface area contributed by atoms with Crippen molar-refractivity contribution < 1.29 is 23.8 Å². The van der Waals surface area contributed by atoms with Gasteiger partial charge in [0.05, 0.1) is 6.61 Å². The van der Waals surface area contributed by atoms with E-state index in [1.54, 1.807) is 0 Å². The van der Waals surface area contributed by atoms with E-state index >= 15 is 0 Å². The predicted octanol–water partition coefficient (Wildman–Crippen LogP) is -1.57. The summed E-state index contributed by atoms with van der Waals surface area (Å²) in [5.41, 5.74) is -1.24. The molecular formula is C9H11N2O7PS. The van der Waals surface area contributed by atoms with Crippen LogP contribution in [-0.4, -0.2) is 44.5 Å². The molecule has 2 saturated heterocycles. The molecule has 9 nitrogen and oxygen atoms in total. The summed E-state index contributed by atoms with van der Waals surface area (Å²) in [5.74, 6) is 0. The molecule has 0 aliphatic carbocycles. The molecule has 1 aromatic rings. The van der Waals surface area contributed by atoms with E-state index in [-0.39, 0.29) is 6.61 Å². The molecule has 5 atom stereocenters. The van der Waals surface area contributed by atoms with Crippen molar-refractivity contribution in [3.05, 3.63) is 33.1 Å². The number of nitrogens with one attached hydrogen (secondary N) is 1. The minimum atomic E-state index is -3.40. The van der Waals surface area contributed by atoms with Gasteiger partial charge in [0.25, 0.3) is 5.56 Å². The van der Waals surface area contributed by atoms with E-state index in [0.717, 1.165) is 10.6 Å². The highest BCUT2D eigenvalue weighted by atomic mass is 32.5. The summed E-state index contributed by atoms with van der Waals surface area (Å²) in [4.78, 5) is 34.6. The van der Waals surface area contributed by atoms with Gasteiger partial charge >= 0.3 is 12.4 Å². The first-order valence-electron chi connectivity index (χ1n) is 5.69. The molecule has 1 aromatic heterocycles. The molecule has 3 rings (SSSR count). The summed E-state index contributed by atoms with van der Waals surface area (Å²) in [7, 11) is 0. The number of nitrogens with zero attached hydrogens (tertiary/aromatic N) is 1. The zero-order chi connectivity index (χ0) is 14.5. The van der Waals surface area contributed by atoms with Crippen LogP contribution in [0.4, 0.5) is 0 Å². The highest BCUT2D eigenvalue weighted by Gasteiger charge is 2.55. The quantitative estimate of drug-likeness (QED) is 0.558. The van der Waals surface area contributed by atoms with Gasteiger partial charge in [-0.3, -0.25) is 23.4 Å². The Labute approximate surface area is 117 Å². The lowest BCUT2D eigenvalue weighted by Gasteiger charge is -2.19. The van der Waals surface area contributed by atoms with E-state index in [1.165, 1.54) is 6.20 Å². The standard InChI is InChI=1S/C9H11N2O7PS/c12-3-4-6-7(18-19(15,20)17-6)8(16-4)11-2-1-5(13)10-9(11)14/h1-2,4,6-8,12H,3H2,(H,15,20)(H,10,13,14). The maximum Gasteiger partial charge on any atom is 0.330 e. The summed E-state index contributed by atoms with van der Waals surface area (Å²) in [6, 6.07) is 1.15. The Hall–Kier alpha value is -0.870. The Balaban J connectivity index is 2.00. The second-order valence-electron chi connectivity index (χ2n) is 4.37. The highest BCUT2D eigenvalue weighted by molar-refractivity contribution is 8.07. The minimum Gasteiger partial charge on any atom is -0.394 e. The lowest BCUT2D eigenvalue weighted by Crippen LogP contribution is -2.36. The molecular weight excluding hydrogens is 311 g/mol. The number of fused-ring (bicyclic) bond motifs is 1. The molecule has 3 heterocycles. The SMILES string of the molecule is O=c1ccn(C2OC(CO)C3OP(O)(=S)OC32)c(=O)[nH]1. The molecule has 0 bridgehead atoms. The molecule has 0 spiro atoms. The van der Waals surface area contributed by atoms with Gasteiger partial charge in [0.1, 0.15) is 18.3 Å². The van der Waals surface area contributed by atoms with Crippen molar-refractivity contribution in [3.8, 4) is 0 Å². The predicted molar refractivity (Wildman–Crippen MR) is 68.6 cm³/mol. The van der Waals surface area contributed by atoms with Gasteiger partial charge in [-0.15, -0.1) is 0 Å². The van der Waals surface area contributed by atoms with Crippen molar-refractivity contribution in [2.75, 3.05) is 6.61 Å². The van der Waals surface area contributed by atoms with Crippen LogP contribution in [0.5, 0.6) is 0 Å². The molecule has 2 fully saturated rings. The monoisotopic (exact) mass is 322 g/mol. The van der Waals surface area contributed by atoms with Crippen LogP contribution < -0.4 is 11.2 Å². The van der Waals surface area contributed by atoms with Gasteiger partial charge in [-0.05, 0) is 11.8 Å².